The van der Waals surface area contributed by atoms with Crippen LogP contribution < -0.4 is 31.2 Å². The fourth-order valence-electron chi connectivity index (χ4n) is 8.31. The Labute approximate surface area is 433 Å². The Hall–Kier alpha value is -7.75. The molecule has 80 heavy (non-hydrogen) atoms. The van der Waals surface area contributed by atoms with Crippen LogP contribution in [0, 0.1) is 6.92 Å². The van der Waals surface area contributed by atoms with Gasteiger partial charge in [-0.3, -0.25) is 4.79 Å². The third-order valence-corrected chi connectivity index (χ3v) is 12.0. The summed E-state index contributed by atoms with van der Waals surface area (Å²) in [5.41, 5.74) is -28.5. The van der Waals surface area contributed by atoms with Crippen LogP contribution in [0.2, 0.25) is 0 Å². The number of para-hydroxylation sites is 1. The molecule has 0 aliphatic carbocycles. The summed E-state index contributed by atoms with van der Waals surface area (Å²) < 4.78 is 349. The molecule has 1 heterocycles. The average Bonchev–Trinajstić information content (AvgIpc) is 3.33. The topological polar surface area (TPSA) is 43.1 Å². The maximum Gasteiger partial charge on any atom is 0.416 e. The van der Waals surface area contributed by atoms with Gasteiger partial charge in [0.15, 0.2) is 6.20 Å². The second kappa shape index (κ2) is 21.7. The summed E-state index contributed by atoms with van der Waals surface area (Å²) in [6.45, 7) is 2.18. The molecule has 0 aliphatic rings. The second-order valence-corrected chi connectivity index (χ2v) is 17.4. The van der Waals surface area contributed by atoms with Crippen molar-refractivity contribution in [1.82, 2.24) is 4.98 Å². The van der Waals surface area contributed by atoms with Gasteiger partial charge in [-0.2, -0.15) is 132 Å². The van der Waals surface area contributed by atoms with Gasteiger partial charge in [0.1, 0.15) is 18.1 Å². The van der Waals surface area contributed by atoms with E-state index in [9.17, 15) is 110 Å². The molecule has 0 aliphatic heterocycles. The Morgan fingerprint density at radius 1 is 0.425 bits per heavy atom. The molecule has 426 valence electrons. The summed E-state index contributed by atoms with van der Waals surface area (Å²) in [4.78, 5) is 16.5. The van der Waals surface area contributed by atoms with Gasteiger partial charge in [-0.05, 0) is 42.8 Å². The van der Waals surface area contributed by atoms with E-state index in [-0.39, 0.29) is 12.3 Å². The number of aromatic nitrogens is 2. The van der Waals surface area contributed by atoms with Gasteiger partial charge in [0.25, 0.3) is 0 Å². The van der Waals surface area contributed by atoms with E-state index in [4.69, 9.17) is 4.74 Å². The highest BCUT2D eigenvalue weighted by atomic mass is 19.4. The number of aryl methyl sites for hydroxylation is 1. The van der Waals surface area contributed by atoms with Crippen molar-refractivity contribution in [2.24, 2.45) is 0 Å². The zero-order valence-electron chi connectivity index (χ0n) is 39.4. The zero-order valence-corrected chi connectivity index (χ0v) is 39.4. The number of ether oxygens (including phenoxy) is 1. The minimum absolute atomic E-state index is 0.0245. The van der Waals surface area contributed by atoms with Crippen LogP contribution in [-0.4, -0.2) is 16.9 Å². The van der Waals surface area contributed by atoms with Gasteiger partial charge in [0.2, 0.25) is 12.3 Å². The molecule has 0 spiro atoms. The molecule has 0 amide bonds. The van der Waals surface area contributed by atoms with Crippen LogP contribution in [0.1, 0.15) is 60.4 Å². The van der Waals surface area contributed by atoms with Crippen molar-refractivity contribution in [1.29, 1.82) is 0 Å². The number of carbonyl (C=O) groups is 1. The molecule has 0 saturated heterocycles. The van der Waals surface area contributed by atoms with Crippen LogP contribution in [0.25, 0.3) is 0 Å². The first-order valence-electron chi connectivity index (χ1n) is 22.0. The van der Waals surface area contributed by atoms with E-state index in [1.807, 2.05) is 61.5 Å². The maximum absolute atomic E-state index is 14.2. The van der Waals surface area contributed by atoms with E-state index < -0.39 is 195 Å². The van der Waals surface area contributed by atoms with Crippen LogP contribution in [0.5, 0.6) is 11.6 Å². The third-order valence-electron chi connectivity index (χ3n) is 12.0. The van der Waals surface area contributed by atoms with Gasteiger partial charge in [-0.15, -0.1) is 0 Å². The van der Waals surface area contributed by atoms with Crippen LogP contribution in [0.4, 0.5) is 105 Å². The Balaban J connectivity index is 0.000000370. The maximum atomic E-state index is 14.2. The van der Waals surface area contributed by atoms with E-state index in [1.165, 1.54) is 0 Å². The van der Waals surface area contributed by atoms with E-state index in [2.05, 4.69) is 4.98 Å². The fraction of sp³-hybridized carbons (Fsp3) is 0.196. The van der Waals surface area contributed by atoms with Crippen molar-refractivity contribution < 1.29 is 119 Å². The monoisotopic (exact) mass is 1170 g/mol. The lowest BCUT2D eigenvalue weighted by Crippen LogP contribution is -2.75. The highest BCUT2D eigenvalue weighted by Gasteiger charge is 2.47. The first-order valence-corrected chi connectivity index (χ1v) is 22.0. The number of rotatable bonds is 9. The fourth-order valence-corrected chi connectivity index (χ4v) is 8.31. The van der Waals surface area contributed by atoms with Crippen LogP contribution in [0.15, 0.2) is 146 Å². The molecule has 0 fully saturated rings. The van der Waals surface area contributed by atoms with Crippen molar-refractivity contribution in [3.63, 3.8) is 0 Å². The number of nitrogens with zero attached hydrogens (tertiary/aromatic N) is 2. The van der Waals surface area contributed by atoms with Crippen molar-refractivity contribution >= 4 is 33.8 Å². The molecule has 1 aromatic heterocycles. The standard InChI is InChI=1S/C32H12BF24.C19H17N2O2/c34-25(35,36)13-1-14(26(37,38)39)6-21(5-13)33(22-7-15(27(40,41)42)2-16(8-22)28(43,44)45,23-9-17(29(46,47)48)3-18(10-23)30(49,50)51)24-11-19(31(52,53)54)4-20(12-24)32(55,56)57;1-15-7-5-6-10-18(15)23-19-13-20-11-12-21(19)14-17(22)16-8-3-2-4-9-16/h1-12H;2-13H,14H2,1H3/q-1;+1. The Morgan fingerprint density at radius 3 is 1.00 bits per heavy atom. The third kappa shape index (κ3) is 14.2. The highest BCUT2D eigenvalue weighted by Crippen LogP contribution is 2.41. The predicted octanol–water partition coefficient (Wildman–Crippen LogP) is 14.6. The zero-order chi connectivity index (χ0) is 60.0. The molecule has 0 unspecified atom stereocenters. The summed E-state index contributed by atoms with van der Waals surface area (Å²) in [5.74, 6) is 1.31. The molecule has 4 nitrogen and oxygen atoms in total. The molecule has 0 saturated carbocycles. The van der Waals surface area contributed by atoms with E-state index in [0.29, 0.717) is 11.4 Å². The van der Waals surface area contributed by atoms with Crippen molar-refractivity contribution in [2.75, 3.05) is 0 Å². The van der Waals surface area contributed by atoms with Gasteiger partial charge in [0, 0.05) is 5.56 Å². The van der Waals surface area contributed by atoms with Crippen LogP contribution >= 0.6 is 0 Å². The van der Waals surface area contributed by atoms with E-state index in [0.717, 1.165) is 11.3 Å². The number of ketones is 1. The first kappa shape index (κ1) is 61.5. The SMILES string of the molecule is Cc1ccccc1Oc1cncc[n+]1CC(=O)c1ccccc1.FC(F)(F)c1cc([B-](c2cc(C(F)(F)F)cc(C(F)(F)F)c2)(c2cc(C(F)(F)F)cc(C(F)(F)F)c2)c2cc(C(F)(F)F)cc(C(F)(F)F)c2)cc(C(F)(F)F)c1. The lowest BCUT2D eigenvalue weighted by atomic mass is 9.12. The number of hydrogen-bond acceptors (Lipinski definition) is 3. The highest BCUT2D eigenvalue weighted by molar-refractivity contribution is 7.20. The molecule has 6 aromatic carbocycles. The number of carbonyl (C=O) groups excluding carboxylic acids is 1. The molecule has 0 bridgehead atoms. The molecular formula is C51H29BF24N2O2. The van der Waals surface area contributed by atoms with Crippen molar-refractivity contribution in [3.05, 3.63) is 202 Å². The molecule has 7 rings (SSSR count). The number of alkyl halides is 24. The summed E-state index contributed by atoms with van der Waals surface area (Å²) in [7, 11) is 0. The second-order valence-electron chi connectivity index (χ2n) is 17.4. The first-order chi connectivity index (χ1) is 36.5. The van der Waals surface area contributed by atoms with Gasteiger partial charge in [-0.25, -0.2) is 4.98 Å². The summed E-state index contributed by atoms with van der Waals surface area (Å²) >= 11 is 0. The van der Waals surface area contributed by atoms with E-state index in [1.54, 1.807) is 23.2 Å². The minimum Gasteiger partial charge on any atom is -0.404 e. The smallest absolute Gasteiger partial charge is 0.404 e. The molecule has 0 atom stereocenters. The number of halogens is 24. The Kier molecular flexibility index (Phi) is 16.7. The minimum atomic E-state index is -6.13. The average molecular weight is 1170 g/mol. The summed E-state index contributed by atoms with van der Waals surface area (Å²) in [6.07, 6.45) is -49.8. The molecule has 0 radical (unpaired) electrons. The Bertz CT molecular complexity index is 2940. The number of benzene rings is 6. The van der Waals surface area contributed by atoms with Crippen LogP contribution in [0.3, 0.4) is 0 Å². The summed E-state index contributed by atoms with van der Waals surface area (Å²) in [5, 5.41) is 0. The molecular weight excluding hydrogens is 1140 g/mol. The largest absolute Gasteiger partial charge is 0.416 e. The van der Waals surface area contributed by atoms with Gasteiger partial charge >= 0.3 is 55.3 Å². The van der Waals surface area contributed by atoms with Crippen LogP contribution in [-0.2, 0) is 56.0 Å². The number of hydrogen-bond donors (Lipinski definition) is 0. The number of Topliss-reactive ketones (excluding diaryl/α,β-unsaturated/α-hetero) is 1. The van der Waals surface area contributed by atoms with Gasteiger partial charge in [0.05, 0.1) is 50.7 Å². The quantitative estimate of drug-likeness (QED) is 0.0626. The molecule has 29 heteroatoms. The molecule has 0 N–H and O–H groups in total. The normalized spacial score (nSPS) is 13.2. The molecule has 7 aromatic rings. The van der Waals surface area contributed by atoms with E-state index >= 15 is 0 Å². The lowest BCUT2D eigenvalue weighted by Gasteiger charge is -2.46. The van der Waals surface area contributed by atoms with Gasteiger partial charge < -0.3 is 4.74 Å². The summed E-state index contributed by atoms with van der Waals surface area (Å²) in [6, 6.07) is 8.16. The lowest BCUT2D eigenvalue weighted by molar-refractivity contribution is -0.687. The van der Waals surface area contributed by atoms with Crippen molar-refractivity contribution in [2.45, 2.75) is 62.9 Å². The Morgan fingerprint density at radius 2 is 0.713 bits per heavy atom. The van der Waals surface area contributed by atoms with Gasteiger partial charge in [-0.1, -0.05) is 97.1 Å². The van der Waals surface area contributed by atoms with Crippen molar-refractivity contribution in [3.8, 4) is 11.6 Å². The predicted molar refractivity (Wildman–Crippen MR) is 237 cm³/mol.